The molecule has 2 aliphatic rings. The highest BCUT2D eigenvalue weighted by Gasteiger charge is 2.56. The van der Waals surface area contributed by atoms with Crippen LogP contribution in [0.4, 0.5) is 0 Å². The van der Waals surface area contributed by atoms with Gasteiger partial charge in [-0.05, 0) is 66.5 Å². The Bertz CT molecular complexity index is 743. The lowest BCUT2D eigenvalue weighted by Crippen LogP contribution is -2.52. The molecule has 5 heteroatoms. The van der Waals surface area contributed by atoms with Gasteiger partial charge in [0.2, 0.25) is 0 Å². The van der Waals surface area contributed by atoms with E-state index in [4.69, 9.17) is 34.8 Å². The SMILES string of the molecule is CC(C)c1c(Cl)c(Cl)c2c(c1Cl)CCC1C(C)(C(=O)O)CCCC21C. The van der Waals surface area contributed by atoms with Crippen LogP contribution in [-0.2, 0) is 16.6 Å². The molecule has 0 saturated heterocycles. The van der Waals surface area contributed by atoms with E-state index in [0.29, 0.717) is 16.5 Å². The Morgan fingerprint density at radius 1 is 1.12 bits per heavy atom. The van der Waals surface area contributed by atoms with Gasteiger partial charge in [-0.3, -0.25) is 4.79 Å². The van der Waals surface area contributed by atoms with E-state index >= 15 is 0 Å². The number of hydrogen-bond donors (Lipinski definition) is 1. The summed E-state index contributed by atoms with van der Waals surface area (Å²) in [4.78, 5) is 12.1. The van der Waals surface area contributed by atoms with Crippen LogP contribution in [0.3, 0.4) is 0 Å². The lowest BCUT2D eigenvalue weighted by Gasteiger charge is -2.54. The van der Waals surface area contributed by atoms with E-state index in [9.17, 15) is 9.90 Å². The van der Waals surface area contributed by atoms with E-state index in [1.54, 1.807) is 0 Å². The van der Waals surface area contributed by atoms with Crippen LogP contribution in [0.1, 0.15) is 76.0 Å². The quantitative estimate of drug-likeness (QED) is 0.547. The molecule has 3 atom stereocenters. The Morgan fingerprint density at radius 2 is 1.76 bits per heavy atom. The van der Waals surface area contributed by atoms with Crippen LogP contribution >= 0.6 is 34.8 Å². The van der Waals surface area contributed by atoms with Gasteiger partial charge in [0, 0.05) is 5.02 Å². The van der Waals surface area contributed by atoms with Crippen LogP contribution in [-0.4, -0.2) is 11.1 Å². The Kier molecular flexibility index (Phi) is 4.88. The summed E-state index contributed by atoms with van der Waals surface area (Å²) in [5.74, 6) is -0.490. The van der Waals surface area contributed by atoms with Gasteiger partial charge >= 0.3 is 5.97 Å². The van der Waals surface area contributed by atoms with Crippen LogP contribution in [0.15, 0.2) is 0 Å². The van der Waals surface area contributed by atoms with E-state index in [2.05, 4.69) is 20.8 Å². The van der Waals surface area contributed by atoms with Crippen molar-refractivity contribution in [1.82, 2.24) is 0 Å². The zero-order chi connectivity index (χ0) is 18.7. The van der Waals surface area contributed by atoms with Crippen molar-refractivity contribution in [3.63, 3.8) is 0 Å². The first kappa shape index (κ1) is 19.3. The summed E-state index contributed by atoms with van der Waals surface area (Å²) in [7, 11) is 0. The standard InChI is InChI=1S/C20H25Cl3O2/c1-10(2)13-15(21)11-6-7-12-19(3,14(11)17(23)16(13)22)8-5-9-20(12,4)18(24)25/h10,12H,5-9H2,1-4H3,(H,24,25). The summed E-state index contributed by atoms with van der Waals surface area (Å²) in [6, 6.07) is 0. The first-order valence-electron chi connectivity index (χ1n) is 8.98. The molecule has 1 N–H and O–H groups in total. The van der Waals surface area contributed by atoms with Gasteiger partial charge < -0.3 is 5.11 Å². The molecular weight excluding hydrogens is 379 g/mol. The molecule has 0 aliphatic heterocycles. The lowest BCUT2D eigenvalue weighted by atomic mass is 9.49. The van der Waals surface area contributed by atoms with Crippen LogP contribution in [0, 0.1) is 11.3 Å². The number of aliphatic carboxylic acids is 1. The van der Waals surface area contributed by atoms with Crippen LogP contribution < -0.4 is 0 Å². The molecule has 0 bridgehead atoms. The predicted molar refractivity (Wildman–Crippen MR) is 104 cm³/mol. The molecule has 2 aliphatic carbocycles. The predicted octanol–water partition coefficient (Wildman–Crippen LogP) is 6.87. The molecule has 3 unspecified atom stereocenters. The molecule has 0 amide bonds. The topological polar surface area (TPSA) is 37.3 Å². The van der Waals surface area contributed by atoms with Crippen LogP contribution in [0.5, 0.6) is 0 Å². The summed E-state index contributed by atoms with van der Waals surface area (Å²) in [5, 5.41) is 11.7. The number of halogens is 3. The number of fused-ring (bicyclic) bond motifs is 3. The molecule has 2 nitrogen and oxygen atoms in total. The number of carboxylic acids is 1. The average molecular weight is 404 g/mol. The van der Waals surface area contributed by atoms with Crippen molar-refractivity contribution in [2.24, 2.45) is 11.3 Å². The highest BCUT2D eigenvalue weighted by molar-refractivity contribution is 6.45. The van der Waals surface area contributed by atoms with Crippen molar-refractivity contribution in [1.29, 1.82) is 0 Å². The zero-order valence-electron chi connectivity index (χ0n) is 15.2. The molecule has 138 valence electrons. The molecule has 0 aromatic heterocycles. The van der Waals surface area contributed by atoms with Gasteiger partial charge in [-0.1, -0.05) is 62.0 Å². The first-order valence-corrected chi connectivity index (χ1v) is 10.1. The Balaban J connectivity index is 2.27. The second-order valence-electron chi connectivity index (χ2n) is 8.45. The number of hydrogen-bond acceptors (Lipinski definition) is 1. The molecule has 1 fully saturated rings. The largest absolute Gasteiger partial charge is 0.481 e. The first-order chi connectivity index (χ1) is 11.6. The minimum absolute atomic E-state index is 0.0354. The van der Waals surface area contributed by atoms with E-state index in [-0.39, 0.29) is 17.3 Å². The molecule has 0 radical (unpaired) electrons. The smallest absolute Gasteiger partial charge is 0.309 e. The van der Waals surface area contributed by atoms with E-state index in [1.165, 1.54) is 0 Å². The number of rotatable bonds is 2. The van der Waals surface area contributed by atoms with Gasteiger partial charge in [-0.2, -0.15) is 0 Å². The monoisotopic (exact) mass is 402 g/mol. The average Bonchev–Trinajstić information content (AvgIpc) is 2.51. The Hall–Kier alpha value is -0.440. The highest BCUT2D eigenvalue weighted by Crippen LogP contribution is 2.61. The summed E-state index contributed by atoms with van der Waals surface area (Å²) < 4.78 is 0. The summed E-state index contributed by atoms with van der Waals surface area (Å²) in [6.07, 6.45) is 4.07. The normalized spacial score (nSPS) is 31.6. The molecule has 1 saturated carbocycles. The van der Waals surface area contributed by atoms with Gasteiger partial charge in [0.05, 0.1) is 15.5 Å². The third kappa shape index (κ3) is 2.63. The minimum atomic E-state index is -0.732. The zero-order valence-corrected chi connectivity index (χ0v) is 17.4. The fourth-order valence-electron chi connectivity index (χ4n) is 5.42. The molecule has 1 aromatic carbocycles. The lowest BCUT2D eigenvalue weighted by molar-refractivity contribution is -0.157. The minimum Gasteiger partial charge on any atom is -0.481 e. The van der Waals surface area contributed by atoms with Crippen molar-refractivity contribution in [2.75, 3.05) is 0 Å². The maximum Gasteiger partial charge on any atom is 0.309 e. The molecular formula is C20H25Cl3O2. The van der Waals surface area contributed by atoms with Crippen molar-refractivity contribution >= 4 is 40.8 Å². The molecule has 0 spiro atoms. The van der Waals surface area contributed by atoms with Gasteiger partial charge in [0.1, 0.15) is 0 Å². The maximum absolute atomic E-state index is 12.1. The van der Waals surface area contributed by atoms with Crippen molar-refractivity contribution in [3.8, 4) is 0 Å². The molecule has 25 heavy (non-hydrogen) atoms. The van der Waals surface area contributed by atoms with Gasteiger partial charge in [-0.15, -0.1) is 0 Å². The maximum atomic E-state index is 12.1. The summed E-state index contributed by atoms with van der Waals surface area (Å²) >= 11 is 20.2. The highest BCUT2D eigenvalue weighted by atomic mass is 35.5. The molecule has 1 aromatic rings. The van der Waals surface area contributed by atoms with E-state index in [1.807, 2.05) is 6.92 Å². The Morgan fingerprint density at radius 3 is 2.32 bits per heavy atom. The number of carboxylic acid groups (broad SMARTS) is 1. The molecule has 0 heterocycles. The van der Waals surface area contributed by atoms with E-state index < -0.39 is 11.4 Å². The van der Waals surface area contributed by atoms with E-state index in [0.717, 1.165) is 47.4 Å². The fourth-order valence-corrected chi connectivity index (χ4v) is 6.81. The fraction of sp³-hybridized carbons (Fsp3) is 0.650. The Labute approximate surface area is 164 Å². The second-order valence-corrected chi connectivity index (χ2v) is 9.58. The third-order valence-electron chi connectivity index (χ3n) is 6.70. The number of benzene rings is 1. The van der Waals surface area contributed by atoms with Crippen LogP contribution in [0.25, 0.3) is 0 Å². The summed E-state index contributed by atoms with van der Waals surface area (Å²) in [5.41, 5.74) is 1.94. The van der Waals surface area contributed by atoms with Gasteiger partial charge in [0.25, 0.3) is 0 Å². The number of carbonyl (C=O) groups is 1. The van der Waals surface area contributed by atoms with Crippen molar-refractivity contribution < 1.29 is 9.90 Å². The van der Waals surface area contributed by atoms with Gasteiger partial charge in [0.15, 0.2) is 0 Å². The van der Waals surface area contributed by atoms with Crippen LogP contribution in [0.2, 0.25) is 15.1 Å². The second kappa shape index (κ2) is 6.32. The summed E-state index contributed by atoms with van der Waals surface area (Å²) in [6.45, 7) is 8.17. The van der Waals surface area contributed by atoms with Gasteiger partial charge in [-0.25, -0.2) is 0 Å². The van der Waals surface area contributed by atoms with Crippen molar-refractivity contribution in [2.45, 2.75) is 71.1 Å². The van der Waals surface area contributed by atoms with Crippen molar-refractivity contribution in [3.05, 3.63) is 31.8 Å². The third-order valence-corrected chi connectivity index (χ3v) is 8.00. The molecule has 3 rings (SSSR count).